The van der Waals surface area contributed by atoms with Crippen LogP contribution >= 0.6 is 22.9 Å². The van der Waals surface area contributed by atoms with Crippen LogP contribution in [-0.2, 0) is 11.0 Å². The molecule has 2 aromatic heterocycles. The Labute approximate surface area is 198 Å². The van der Waals surface area contributed by atoms with Crippen LogP contribution in [0.15, 0.2) is 36.5 Å². The number of thiazole rings is 1. The molecule has 1 aromatic carbocycles. The summed E-state index contributed by atoms with van der Waals surface area (Å²) in [5, 5.41) is 0.963. The molecule has 2 fully saturated rings. The number of amides is 1. The second-order valence-electron chi connectivity index (χ2n) is 8.50. The van der Waals surface area contributed by atoms with Crippen molar-refractivity contribution in [2.75, 3.05) is 24.5 Å². The number of nitrogens with zero attached hydrogens (tertiary/aromatic N) is 4. The third kappa shape index (κ3) is 4.40. The largest absolute Gasteiger partial charge is 0.417 e. The molecule has 5 nitrogen and oxygen atoms in total. The zero-order valence-corrected chi connectivity index (χ0v) is 19.3. The van der Waals surface area contributed by atoms with Crippen molar-refractivity contribution in [3.63, 3.8) is 0 Å². The molecule has 33 heavy (non-hydrogen) atoms. The molecule has 2 aliphatic rings. The fourth-order valence-electron chi connectivity index (χ4n) is 4.71. The van der Waals surface area contributed by atoms with E-state index in [1.54, 1.807) is 11.3 Å². The van der Waals surface area contributed by atoms with E-state index in [9.17, 15) is 18.0 Å². The van der Waals surface area contributed by atoms with Gasteiger partial charge >= 0.3 is 6.18 Å². The third-order valence-corrected chi connectivity index (χ3v) is 7.84. The Kier molecular flexibility index (Phi) is 5.95. The van der Waals surface area contributed by atoms with Gasteiger partial charge in [0.2, 0.25) is 5.91 Å². The number of halogens is 4. The van der Waals surface area contributed by atoms with E-state index in [1.807, 2.05) is 34.1 Å². The number of carbonyl (C=O) groups excluding carboxylic acids is 1. The van der Waals surface area contributed by atoms with Crippen LogP contribution in [-0.4, -0.2) is 40.4 Å². The van der Waals surface area contributed by atoms with Gasteiger partial charge in [-0.3, -0.25) is 4.79 Å². The number of likely N-dealkylation sites (tertiary alicyclic amines) is 1. The van der Waals surface area contributed by atoms with Crippen molar-refractivity contribution >= 4 is 44.9 Å². The predicted octanol–water partition coefficient (Wildman–Crippen LogP) is 5.94. The fraction of sp³-hybridized carbons (Fsp3) is 0.435. The van der Waals surface area contributed by atoms with Crippen molar-refractivity contribution in [2.45, 2.75) is 37.9 Å². The molecular formula is C23H22ClF3N4OS. The van der Waals surface area contributed by atoms with Gasteiger partial charge in [-0.1, -0.05) is 23.7 Å². The Bertz CT molecular complexity index is 1140. The number of rotatable bonds is 3. The van der Waals surface area contributed by atoms with Crippen molar-refractivity contribution in [1.82, 2.24) is 14.9 Å². The van der Waals surface area contributed by atoms with Crippen molar-refractivity contribution < 1.29 is 18.0 Å². The molecule has 3 aromatic rings. The summed E-state index contributed by atoms with van der Waals surface area (Å²) in [6, 6.07) is 8.93. The molecule has 0 N–H and O–H groups in total. The summed E-state index contributed by atoms with van der Waals surface area (Å²) in [5.74, 6) is 0.358. The van der Waals surface area contributed by atoms with Gasteiger partial charge in [0.05, 0.1) is 26.8 Å². The topological polar surface area (TPSA) is 49.3 Å². The molecule has 0 bridgehead atoms. The number of alkyl halides is 3. The van der Waals surface area contributed by atoms with E-state index in [0.29, 0.717) is 31.7 Å². The number of pyridine rings is 1. The monoisotopic (exact) mass is 494 g/mol. The number of piperidine rings is 1. The molecule has 0 aliphatic carbocycles. The number of fused-ring (bicyclic) bond motifs is 1. The standard InChI is InChI=1S/C23H22ClF3N4OS/c24-16-12-15(23(25,26)27)13-28-20(16)30-10-7-14(8-11-30)22(32)31-9-3-5-18(31)21-29-17-4-1-2-6-19(17)33-21/h1-2,4,6,12-14,18H,3,5,7-11H2/t18-/m1/s1. The summed E-state index contributed by atoms with van der Waals surface area (Å²) in [6.45, 7) is 1.77. The molecule has 0 spiro atoms. The Morgan fingerprint density at radius 2 is 1.88 bits per heavy atom. The first kappa shape index (κ1) is 22.4. The molecular weight excluding hydrogens is 473 g/mol. The van der Waals surface area contributed by atoms with Crippen LogP contribution in [0.1, 0.15) is 42.3 Å². The van der Waals surface area contributed by atoms with Gasteiger partial charge in [-0.2, -0.15) is 13.2 Å². The van der Waals surface area contributed by atoms with E-state index < -0.39 is 11.7 Å². The van der Waals surface area contributed by atoms with E-state index >= 15 is 0 Å². The first-order chi connectivity index (χ1) is 15.8. The van der Waals surface area contributed by atoms with Gasteiger partial charge in [-0.15, -0.1) is 11.3 Å². The van der Waals surface area contributed by atoms with Gasteiger partial charge < -0.3 is 9.80 Å². The highest BCUT2D eigenvalue weighted by atomic mass is 35.5. The summed E-state index contributed by atoms with van der Waals surface area (Å²) in [5.41, 5.74) is 0.0993. The normalized spacial score (nSPS) is 20.1. The van der Waals surface area contributed by atoms with Crippen molar-refractivity contribution in [2.24, 2.45) is 5.92 Å². The van der Waals surface area contributed by atoms with Gasteiger partial charge in [0.15, 0.2) is 0 Å². The number of hydrogen-bond donors (Lipinski definition) is 0. The van der Waals surface area contributed by atoms with Crippen LogP contribution in [0.2, 0.25) is 5.02 Å². The van der Waals surface area contributed by atoms with E-state index in [-0.39, 0.29) is 22.9 Å². The van der Waals surface area contributed by atoms with E-state index in [4.69, 9.17) is 16.6 Å². The summed E-state index contributed by atoms with van der Waals surface area (Å²) in [7, 11) is 0. The lowest BCUT2D eigenvalue weighted by Gasteiger charge is -2.35. The van der Waals surface area contributed by atoms with Crippen LogP contribution in [0, 0.1) is 5.92 Å². The summed E-state index contributed by atoms with van der Waals surface area (Å²) in [6.07, 6.45) is -0.580. The number of para-hydroxylation sites is 1. The second kappa shape index (κ2) is 8.76. The van der Waals surface area contributed by atoms with Crippen LogP contribution < -0.4 is 4.90 Å². The molecule has 5 rings (SSSR count). The van der Waals surface area contributed by atoms with Crippen LogP contribution in [0.5, 0.6) is 0 Å². The van der Waals surface area contributed by atoms with Gasteiger partial charge in [0, 0.05) is 31.7 Å². The first-order valence-corrected chi connectivity index (χ1v) is 12.1. The minimum atomic E-state index is -4.48. The predicted molar refractivity (Wildman–Crippen MR) is 122 cm³/mol. The lowest BCUT2D eigenvalue weighted by atomic mass is 9.95. The average molecular weight is 495 g/mol. The maximum absolute atomic E-state index is 13.4. The molecule has 0 unspecified atom stereocenters. The van der Waals surface area contributed by atoms with Crippen LogP contribution in [0.25, 0.3) is 10.2 Å². The minimum Gasteiger partial charge on any atom is -0.355 e. The number of carbonyl (C=O) groups is 1. The van der Waals surface area contributed by atoms with Gasteiger partial charge in [0.25, 0.3) is 0 Å². The molecule has 2 aliphatic heterocycles. The fourth-order valence-corrected chi connectivity index (χ4v) is 6.11. The number of anilines is 1. The lowest BCUT2D eigenvalue weighted by Crippen LogP contribution is -2.42. The molecule has 0 saturated carbocycles. The molecule has 10 heteroatoms. The quantitative estimate of drug-likeness (QED) is 0.452. The number of hydrogen-bond acceptors (Lipinski definition) is 5. The Hall–Kier alpha value is -2.39. The second-order valence-corrected chi connectivity index (χ2v) is 9.97. The highest BCUT2D eigenvalue weighted by molar-refractivity contribution is 7.18. The first-order valence-electron chi connectivity index (χ1n) is 10.9. The molecule has 1 atom stereocenters. The average Bonchev–Trinajstić information content (AvgIpc) is 3.45. The zero-order chi connectivity index (χ0) is 23.2. The molecule has 1 amide bonds. The summed E-state index contributed by atoms with van der Waals surface area (Å²) in [4.78, 5) is 25.9. The third-order valence-electron chi connectivity index (χ3n) is 6.42. The number of aromatic nitrogens is 2. The zero-order valence-electron chi connectivity index (χ0n) is 17.7. The molecule has 0 radical (unpaired) electrons. The van der Waals surface area contributed by atoms with Crippen molar-refractivity contribution in [3.8, 4) is 0 Å². The van der Waals surface area contributed by atoms with E-state index in [2.05, 4.69) is 4.98 Å². The lowest BCUT2D eigenvalue weighted by molar-refractivity contribution is -0.138. The van der Waals surface area contributed by atoms with E-state index in [1.165, 1.54) is 0 Å². The maximum atomic E-state index is 13.4. The Morgan fingerprint density at radius 1 is 1.12 bits per heavy atom. The van der Waals surface area contributed by atoms with Crippen molar-refractivity contribution in [1.29, 1.82) is 0 Å². The Morgan fingerprint density at radius 3 is 2.58 bits per heavy atom. The minimum absolute atomic E-state index is 0.0129. The maximum Gasteiger partial charge on any atom is 0.417 e. The SMILES string of the molecule is O=C(C1CCN(c2ncc(C(F)(F)F)cc2Cl)CC1)N1CCC[C@@H]1c1nc2ccccc2s1. The van der Waals surface area contributed by atoms with E-state index in [0.717, 1.165) is 46.9 Å². The van der Waals surface area contributed by atoms with Gasteiger partial charge in [0.1, 0.15) is 10.8 Å². The summed E-state index contributed by atoms with van der Waals surface area (Å²) < 4.78 is 39.8. The molecule has 4 heterocycles. The molecule has 174 valence electrons. The highest BCUT2D eigenvalue weighted by Gasteiger charge is 2.37. The summed E-state index contributed by atoms with van der Waals surface area (Å²) >= 11 is 7.75. The van der Waals surface area contributed by atoms with Crippen LogP contribution in [0.3, 0.4) is 0 Å². The Balaban J connectivity index is 1.26. The number of benzene rings is 1. The molecule has 2 saturated heterocycles. The van der Waals surface area contributed by atoms with Gasteiger partial charge in [-0.05, 0) is 43.9 Å². The highest BCUT2D eigenvalue weighted by Crippen LogP contribution is 2.39. The van der Waals surface area contributed by atoms with Crippen LogP contribution in [0.4, 0.5) is 19.0 Å². The van der Waals surface area contributed by atoms with Crippen molar-refractivity contribution in [3.05, 3.63) is 52.1 Å². The smallest absolute Gasteiger partial charge is 0.355 e. The van der Waals surface area contributed by atoms with Gasteiger partial charge in [-0.25, -0.2) is 9.97 Å².